The fraction of sp³-hybridized carbons (Fsp3) is 0.500. The maximum atomic E-state index is 8.93. The second kappa shape index (κ2) is 3.60. The molecule has 0 N–H and O–H groups in total. The average Bonchev–Trinajstić information content (AvgIpc) is 2.68. The molecule has 0 atom stereocenters. The van der Waals surface area contributed by atoms with E-state index in [4.69, 9.17) is 5.26 Å². The van der Waals surface area contributed by atoms with E-state index < -0.39 is 0 Å². The lowest BCUT2D eigenvalue weighted by molar-refractivity contribution is 0.566. The number of hydrogen-bond acceptors (Lipinski definition) is 3. The monoisotopic (exact) mass is 233 g/mol. The molecule has 4 heteroatoms. The van der Waals surface area contributed by atoms with Gasteiger partial charge in [0, 0.05) is 16.5 Å². The van der Waals surface area contributed by atoms with Crippen molar-refractivity contribution in [2.75, 3.05) is 0 Å². The predicted molar refractivity (Wildman–Crippen MR) is 65.8 cm³/mol. The molecular formula is C12H15N3S. The average molecular weight is 233 g/mol. The Labute approximate surface area is 99.4 Å². The number of thiazole rings is 1. The van der Waals surface area contributed by atoms with Gasteiger partial charge < -0.3 is 0 Å². The van der Waals surface area contributed by atoms with Crippen LogP contribution >= 0.6 is 11.3 Å². The third-order valence-corrected chi connectivity index (χ3v) is 3.53. The van der Waals surface area contributed by atoms with Crippen LogP contribution in [-0.4, -0.2) is 9.38 Å². The van der Waals surface area contributed by atoms with Crippen LogP contribution in [0.4, 0.5) is 0 Å². The van der Waals surface area contributed by atoms with Crippen molar-refractivity contribution in [2.45, 2.75) is 39.5 Å². The van der Waals surface area contributed by atoms with E-state index in [0.29, 0.717) is 6.42 Å². The van der Waals surface area contributed by atoms with Gasteiger partial charge in [-0.05, 0) is 6.92 Å². The third kappa shape index (κ3) is 1.61. The molecule has 0 radical (unpaired) electrons. The Bertz CT molecular complexity index is 563. The highest BCUT2D eigenvalue weighted by Gasteiger charge is 2.24. The van der Waals surface area contributed by atoms with Crippen LogP contribution in [-0.2, 0) is 11.8 Å². The summed E-state index contributed by atoms with van der Waals surface area (Å²) in [5.74, 6) is 0. The molecule has 2 heterocycles. The third-order valence-electron chi connectivity index (χ3n) is 2.59. The lowest BCUT2D eigenvalue weighted by atomic mass is 9.90. The first-order chi connectivity index (χ1) is 7.45. The molecule has 0 amide bonds. The smallest absolute Gasteiger partial charge is 0.194 e. The van der Waals surface area contributed by atoms with E-state index in [1.165, 1.54) is 0 Å². The summed E-state index contributed by atoms with van der Waals surface area (Å²) in [5.41, 5.74) is 3.24. The number of aromatic nitrogens is 2. The van der Waals surface area contributed by atoms with Gasteiger partial charge in [-0.15, -0.1) is 11.3 Å². The van der Waals surface area contributed by atoms with Crippen LogP contribution in [0.1, 0.15) is 37.9 Å². The Morgan fingerprint density at radius 1 is 1.50 bits per heavy atom. The molecule has 0 bridgehead atoms. The molecule has 2 aromatic rings. The Morgan fingerprint density at radius 2 is 2.19 bits per heavy atom. The van der Waals surface area contributed by atoms with E-state index in [2.05, 4.69) is 48.5 Å². The standard InChI is InChI=1S/C12H15N3S/c1-8-7-16-11-14-10(12(2,3)4)9(5-6-13)15(8)11/h7H,5H2,1-4H3. The van der Waals surface area contributed by atoms with Crippen LogP contribution in [0.15, 0.2) is 5.38 Å². The van der Waals surface area contributed by atoms with Gasteiger partial charge in [-0.1, -0.05) is 20.8 Å². The van der Waals surface area contributed by atoms with Crippen molar-refractivity contribution in [1.29, 1.82) is 5.26 Å². The minimum atomic E-state index is -0.00956. The molecule has 0 aliphatic carbocycles. The Kier molecular flexibility index (Phi) is 2.51. The Morgan fingerprint density at radius 3 is 2.75 bits per heavy atom. The van der Waals surface area contributed by atoms with Gasteiger partial charge in [0.25, 0.3) is 0 Å². The first-order valence-electron chi connectivity index (χ1n) is 5.28. The van der Waals surface area contributed by atoms with E-state index in [0.717, 1.165) is 22.0 Å². The highest BCUT2D eigenvalue weighted by molar-refractivity contribution is 7.15. The molecule has 3 nitrogen and oxygen atoms in total. The summed E-state index contributed by atoms with van der Waals surface area (Å²) in [7, 11) is 0. The summed E-state index contributed by atoms with van der Waals surface area (Å²) in [4.78, 5) is 5.65. The number of aryl methyl sites for hydroxylation is 1. The molecule has 0 aromatic carbocycles. The SMILES string of the molecule is Cc1csc2nc(C(C)(C)C)c(CC#N)n12. The van der Waals surface area contributed by atoms with Gasteiger partial charge in [0.15, 0.2) is 4.96 Å². The molecule has 0 aliphatic heterocycles. The zero-order valence-corrected chi connectivity index (χ0v) is 10.9. The van der Waals surface area contributed by atoms with Crippen LogP contribution in [0, 0.1) is 18.3 Å². The van der Waals surface area contributed by atoms with E-state index in [1.54, 1.807) is 11.3 Å². The zero-order valence-electron chi connectivity index (χ0n) is 10.0. The first kappa shape index (κ1) is 11.2. The number of imidazole rings is 1. The van der Waals surface area contributed by atoms with E-state index in [1.807, 2.05) is 0 Å². The quantitative estimate of drug-likeness (QED) is 0.759. The molecule has 2 aromatic heterocycles. The molecule has 0 spiro atoms. The summed E-state index contributed by atoms with van der Waals surface area (Å²) < 4.78 is 2.11. The van der Waals surface area contributed by atoms with Crippen molar-refractivity contribution in [2.24, 2.45) is 0 Å². The predicted octanol–water partition coefficient (Wildman–Crippen LogP) is 3.07. The maximum absolute atomic E-state index is 8.93. The van der Waals surface area contributed by atoms with Crippen LogP contribution in [0.25, 0.3) is 4.96 Å². The molecule has 0 saturated carbocycles. The van der Waals surface area contributed by atoms with Gasteiger partial charge in [-0.3, -0.25) is 4.40 Å². The van der Waals surface area contributed by atoms with Crippen molar-refractivity contribution in [3.8, 4) is 6.07 Å². The number of hydrogen-bond donors (Lipinski definition) is 0. The number of nitriles is 1. The van der Waals surface area contributed by atoms with Crippen LogP contribution < -0.4 is 0 Å². The van der Waals surface area contributed by atoms with Crippen molar-refractivity contribution in [3.05, 3.63) is 22.5 Å². The number of fused-ring (bicyclic) bond motifs is 1. The van der Waals surface area contributed by atoms with Crippen molar-refractivity contribution >= 4 is 16.3 Å². The summed E-state index contributed by atoms with van der Waals surface area (Å²) >= 11 is 1.63. The minimum Gasteiger partial charge on any atom is -0.291 e. The van der Waals surface area contributed by atoms with Gasteiger partial charge in [-0.2, -0.15) is 5.26 Å². The van der Waals surface area contributed by atoms with E-state index in [9.17, 15) is 0 Å². The molecule has 0 aliphatic rings. The largest absolute Gasteiger partial charge is 0.291 e. The molecule has 16 heavy (non-hydrogen) atoms. The van der Waals surface area contributed by atoms with Crippen molar-refractivity contribution < 1.29 is 0 Å². The summed E-state index contributed by atoms with van der Waals surface area (Å²) in [6.07, 6.45) is 0.422. The van der Waals surface area contributed by atoms with E-state index >= 15 is 0 Å². The van der Waals surface area contributed by atoms with Gasteiger partial charge in [0.05, 0.1) is 23.9 Å². The van der Waals surface area contributed by atoms with Crippen molar-refractivity contribution in [3.63, 3.8) is 0 Å². The highest BCUT2D eigenvalue weighted by Crippen LogP contribution is 2.29. The van der Waals surface area contributed by atoms with Crippen LogP contribution in [0.2, 0.25) is 0 Å². The van der Waals surface area contributed by atoms with Crippen LogP contribution in [0.5, 0.6) is 0 Å². The molecule has 84 valence electrons. The van der Waals surface area contributed by atoms with Crippen LogP contribution in [0.3, 0.4) is 0 Å². The highest BCUT2D eigenvalue weighted by atomic mass is 32.1. The summed E-state index contributed by atoms with van der Waals surface area (Å²) in [6.45, 7) is 8.46. The Balaban J connectivity index is 2.75. The summed E-state index contributed by atoms with van der Waals surface area (Å²) in [6, 6.07) is 2.24. The van der Waals surface area contributed by atoms with E-state index in [-0.39, 0.29) is 5.41 Å². The minimum absolute atomic E-state index is 0.00956. The number of rotatable bonds is 1. The fourth-order valence-electron chi connectivity index (χ4n) is 1.90. The van der Waals surface area contributed by atoms with Gasteiger partial charge in [-0.25, -0.2) is 4.98 Å². The van der Waals surface area contributed by atoms with Gasteiger partial charge in [0.2, 0.25) is 0 Å². The molecule has 0 saturated heterocycles. The number of nitrogens with zero attached hydrogens (tertiary/aromatic N) is 3. The Hall–Kier alpha value is -1.34. The normalized spacial score (nSPS) is 11.9. The molecule has 0 fully saturated rings. The maximum Gasteiger partial charge on any atom is 0.194 e. The zero-order chi connectivity index (χ0) is 11.9. The van der Waals surface area contributed by atoms with Gasteiger partial charge >= 0.3 is 0 Å². The van der Waals surface area contributed by atoms with Crippen molar-refractivity contribution in [1.82, 2.24) is 9.38 Å². The molecule has 0 unspecified atom stereocenters. The first-order valence-corrected chi connectivity index (χ1v) is 6.16. The second-order valence-corrected chi connectivity index (χ2v) is 5.82. The lowest BCUT2D eigenvalue weighted by Gasteiger charge is -2.17. The molecule has 2 rings (SSSR count). The summed E-state index contributed by atoms with van der Waals surface area (Å²) in [5, 5.41) is 11.0. The molecular weight excluding hydrogens is 218 g/mol. The lowest BCUT2D eigenvalue weighted by Crippen LogP contribution is -2.15. The van der Waals surface area contributed by atoms with Gasteiger partial charge in [0.1, 0.15) is 0 Å². The second-order valence-electron chi connectivity index (χ2n) is 4.99. The topological polar surface area (TPSA) is 41.1 Å². The fourth-order valence-corrected chi connectivity index (χ4v) is 2.79.